The van der Waals surface area contributed by atoms with E-state index in [2.05, 4.69) is 61.2 Å². The van der Waals surface area contributed by atoms with Gasteiger partial charge in [0.2, 0.25) is 0 Å². The summed E-state index contributed by atoms with van der Waals surface area (Å²) in [6.07, 6.45) is 4.74. The quantitative estimate of drug-likeness (QED) is 0.747. The molecule has 0 saturated carbocycles. The van der Waals surface area contributed by atoms with Crippen molar-refractivity contribution in [3.63, 3.8) is 0 Å². The molecule has 0 atom stereocenters. The normalized spacial score (nSPS) is 14.2. The van der Waals surface area contributed by atoms with E-state index < -0.39 is 0 Å². The molecule has 104 valence electrons. The third-order valence-corrected chi connectivity index (χ3v) is 4.33. The summed E-state index contributed by atoms with van der Waals surface area (Å²) in [6.45, 7) is 5.50. The monoisotopic (exact) mass is 265 g/mol. The summed E-state index contributed by atoms with van der Waals surface area (Å²) in [7, 11) is 0. The zero-order valence-corrected chi connectivity index (χ0v) is 12.5. The van der Waals surface area contributed by atoms with Crippen LogP contribution >= 0.6 is 0 Å². The summed E-state index contributed by atoms with van der Waals surface area (Å²) >= 11 is 0. The molecule has 1 aliphatic heterocycles. The summed E-state index contributed by atoms with van der Waals surface area (Å²) in [4.78, 5) is 2.48. The molecule has 20 heavy (non-hydrogen) atoms. The van der Waals surface area contributed by atoms with Gasteiger partial charge in [-0.05, 0) is 61.4 Å². The molecule has 0 aliphatic carbocycles. The molecule has 0 N–H and O–H groups in total. The van der Waals surface area contributed by atoms with Crippen molar-refractivity contribution in [3.8, 4) is 0 Å². The van der Waals surface area contributed by atoms with E-state index in [1.165, 1.54) is 47.3 Å². The van der Waals surface area contributed by atoms with Crippen molar-refractivity contribution in [2.75, 3.05) is 11.4 Å². The molecule has 2 aromatic rings. The van der Waals surface area contributed by atoms with Gasteiger partial charge in [-0.15, -0.1) is 0 Å². The van der Waals surface area contributed by atoms with Crippen LogP contribution in [-0.2, 0) is 19.3 Å². The molecule has 1 nitrogen and oxygen atoms in total. The number of fused-ring (bicyclic) bond motifs is 2. The number of hydrogen-bond donors (Lipinski definition) is 0. The molecule has 3 rings (SSSR count). The van der Waals surface area contributed by atoms with Gasteiger partial charge in [0, 0.05) is 17.9 Å². The molecule has 1 heteroatoms. The van der Waals surface area contributed by atoms with Gasteiger partial charge < -0.3 is 4.90 Å². The molecule has 1 aliphatic rings. The van der Waals surface area contributed by atoms with Crippen LogP contribution in [0.1, 0.15) is 37.0 Å². The SMILES string of the molecule is CCc1ccc2c(c1)CCCc1ccccc1N2CC. The van der Waals surface area contributed by atoms with Crippen LogP contribution in [0, 0.1) is 0 Å². The van der Waals surface area contributed by atoms with Gasteiger partial charge in [0.25, 0.3) is 0 Å². The zero-order valence-electron chi connectivity index (χ0n) is 12.5. The Morgan fingerprint density at radius 1 is 0.900 bits per heavy atom. The molecule has 0 amide bonds. The van der Waals surface area contributed by atoms with E-state index in [1.807, 2.05) is 0 Å². The van der Waals surface area contributed by atoms with Gasteiger partial charge in [-0.1, -0.05) is 37.3 Å². The van der Waals surface area contributed by atoms with Crippen molar-refractivity contribution in [3.05, 3.63) is 59.2 Å². The second kappa shape index (κ2) is 5.70. The average molecular weight is 265 g/mol. The fourth-order valence-electron chi connectivity index (χ4n) is 3.25. The van der Waals surface area contributed by atoms with Crippen LogP contribution < -0.4 is 4.90 Å². The fourth-order valence-corrected chi connectivity index (χ4v) is 3.25. The second-order valence-electron chi connectivity index (χ2n) is 5.54. The molecular weight excluding hydrogens is 242 g/mol. The van der Waals surface area contributed by atoms with Crippen LogP contribution in [0.2, 0.25) is 0 Å². The third-order valence-electron chi connectivity index (χ3n) is 4.33. The van der Waals surface area contributed by atoms with Crippen molar-refractivity contribution >= 4 is 11.4 Å². The summed E-state index contributed by atoms with van der Waals surface area (Å²) in [5.74, 6) is 0. The minimum absolute atomic E-state index is 1.02. The summed E-state index contributed by atoms with van der Waals surface area (Å²) in [5.41, 5.74) is 7.24. The van der Waals surface area contributed by atoms with Gasteiger partial charge >= 0.3 is 0 Å². The third kappa shape index (κ3) is 2.33. The molecule has 0 saturated heterocycles. The highest BCUT2D eigenvalue weighted by atomic mass is 15.1. The van der Waals surface area contributed by atoms with Crippen LogP contribution in [0.25, 0.3) is 0 Å². The van der Waals surface area contributed by atoms with Gasteiger partial charge in [-0.2, -0.15) is 0 Å². The first kappa shape index (κ1) is 13.2. The van der Waals surface area contributed by atoms with E-state index in [4.69, 9.17) is 0 Å². The molecule has 0 unspecified atom stereocenters. The summed E-state index contributed by atoms with van der Waals surface area (Å²) < 4.78 is 0. The van der Waals surface area contributed by atoms with Crippen molar-refractivity contribution in [2.24, 2.45) is 0 Å². The lowest BCUT2D eigenvalue weighted by molar-refractivity contribution is 0.797. The Balaban J connectivity index is 2.13. The predicted octanol–water partition coefficient (Wildman–Crippen LogP) is 4.90. The Labute approximate surface area is 122 Å². The van der Waals surface area contributed by atoms with Crippen molar-refractivity contribution in [2.45, 2.75) is 39.5 Å². The maximum atomic E-state index is 2.48. The minimum atomic E-state index is 1.02. The summed E-state index contributed by atoms with van der Waals surface area (Å²) in [6, 6.07) is 15.9. The van der Waals surface area contributed by atoms with Gasteiger partial charge in [-0.3, -0.25) is 0 Å². The topological polar surface area (TPSA) is 3.24 Å². The number of aryl methyl sites for hydroxylation is 3. The molecule has 0 bridgehead atoms. The maximum Gasteiger partial charge on any atom is 0.0443 e. The molecule has 0 aromatic heterocycles. The molecule has 1 heterocycles. The maximum absolute atomic E-state index is 2.48. The lowest BCUT2D eigenvalue weighted by Crippen LogP contribution is -2.21. The zero-order chi connectivity index (χ0) is 13.9. The summed E-state index contributed by atoms with van der Waals surface area (Å²) in [5, 5.41) is 0. The van der Waals surface area contributed by atoms with E-state index in [0.29, 0.717) is 0 Å². The van der Waals surface area contributed by atoms with E-state index >= 15 is 0 Å². The Bertz CT molecular complexity index is 600. The molecule has 2 aromatic carbocycles. The average Bonchev–Trinajstić information content (AvgIpc) is 2.48. The van der Waals surface area contributed by atoms with Gasteiger partial charge in [0.1, 0.15) is 0 Å². The second-order valence-corrected chi connectivity index (χ2v) is 5.54. The standard InChI is InChI=1S/C19H23N/c1-3-15-12-13-19-17(14-15)10-7-9-16-8-5-6-11-18(16)20(19)4-2/h5-6,8,11-14H,3-4,7,9-10H2,1-2H3. The smallest absolute Gasteiger partial charge is 0.0443 e. The Hall–Kier alpha value is -1.76. The largest absolute Gasteiger partial charge is 0.341 e. The number of benzene rings is 2. The van der Waals surface area contributed by atoms with E-state index in [0.717, 1.165) is 13.0 Å². The molecule has 0 spiro atoms. The van der Waals surface area contributed by atoms with Crippen molar-refractivity contribution < 1.29 is 0 Å². The van der Waals surface area contributed by atoms with Crippen molar-refractivity contribution in [1.82, 2.24) is 0 Å². The van der Waals surface area contributed by atoms with Crippen molar-refractivity contribution in [1.29, 1.82) is 0 Å². The molecule has 0 radical (unpaired) electrons. The van der Waals surface area contributed by atoms with Crippen LogP contribution in [0.3, 0.4) is 0 Å². The van der Waals surface area contributed by atoms with Gasteiger partial charge in [-0.25, -0.2) is 0 Å². The number of rotatable bonds is 2. The van der Waals surface area contributed by atoms with Crippen LogP contribution in [0.15, 0.2) is 42.5 Å². The lowest BCUT2D eigenvalue weighted by Gasteiger charge is -2.30. The highest BCUT2D eigenvalue weighted by Gasteiger charge is 2.17. The van der Waals surface area contributed by atoms with E-state index in [-0.39, 0.29) is 0 Å². The van der Waals surface area contributed by atoms with E-state index in [1.54, 1.807) is 0 Å². The fraction of sp³-hybridized carbons (Fsp3) is 0.368. The first-order valence-corrected chi connectivity index (χ1v) is 7.80. The number of nitrogens with zero attached hydrogens (tertiary/aromatic N) is 1. The Kier molecular flexibility index (Phi) is 3.77. The Morgan fingerprint density at radius 3 is 2.45 bits per heavy atom. The number of anilines is 2. The highest BCUT2D eigenvalue weighted by molar-refractivity contribution is 5.70. The number of hydrogen-bond acceptors (Lipinski definition) is 1. The van der Waals surface area contributed by atoms with Crippen LogP contribution in [0.5, 0.6) is 0 Å². The van der Waals surface area contributed by atoms with Crippen LogP contribution in [0.4, 0.5) is 11.4 Å². The Morgan fingerprint density at radius 2 is 1.65 bits per heavy atom. The predicted molar refractivity (Wildman–Crippen MR) is 87.0 cm³/mol. The van der Waals surface area contributed by atoms with Gasteiger partial charge in [0.15, 0.2) is 0 Å². The molecular formula is C19H23N. The highest BCUT2D eigenvalue weighted by Crippen LogP contribution is 2.35. The number of para-hydroxylation sites is 1. The first-order chi connectivity index (χ1) is 9.83. The van der Waals surface area contributed by atoms with E-state index in [9.17, 15) is 0 Å². The van der Waals surface area contributed by atoms with Gasteiger partial charge in [0.05, 0.1) is 0 Å². The minimum Gasteiger partial charge on any atom is -0.341 e. The molecule has 0 fully saturated rings. The first-order valence-electron chi connectivity index (χ1n) is 7.80. The lowest BCUT2D eigenvalue weighted by atomic mass is 9.95. The van der Waals surface area contributed by atoms with Crippen LogP contribution in [-0.4, -0.2) is 6.54 Å².